The summed E-state index contributed by atoms with van der Waals surface area (Å²) in [5.41, 5.74) is 8.60. The molecule has 2 rings (SSSR count). The molecule has 3 nitrogen and oxygen atoms in total. The van der Waals surface area contributed by atoms with Gasteiger partial charge in [0.1, 0.15) is 16.6 Å². The summed E-state index contributed by atoms with van der Waals surface area (Å²) in [6, 6.07) is 8.50. The summed E-state index contributed by atoms with van der Waals surface area (Å²) in [5, 5.41) is 3.32. The van der Waals surface area contributed by atoms with E-state index < -0.39 is 0 Å². The summed E-state index contributed by atoms with van der Waals surface area (Å²) in [4.78, 5) is 4.65. The Kier molecular flexibility index (Phi) is 4.85. The molecular weight excluding hydrogens is 285 g/mol. The van der Waals surface area contributed by atoms with E-state index in [0.29, 0.717) is 10.8 Å². The number of nitrogens with one attached hydrogen (secondary N) is 1. The second kappa shape index (κ2) is 6.63. The number of hydrogen-bond donors (Lipinski definition) is 2. The minimum atomic E-state index is -0.226. The van der Waals surface area contributed by atoms with Gasteiger partial charge in [-0.05, 0) is 49.6 Å². The monoisotopic (exact) mass is 303 g/mol. The highest BCUT2D eigenvalue weighted by molar-refractivity contribution is 7.80. The maximum atomic E-state index is 12.9. The Hall–Kier alpha value is -2.01. The van der Waals surface area contributed by atoms with Gasteiger partial charge in [0, 0.05) is 12.2 Å². The Bertz CT molecular complexity index is 640. The van der Waals surface area contributed by atoms with Gasteiger partial charge in [-0.2, -0.15) is 0 Å². The lowest BCUT2D eigenvalue weighted by atomic mass is 10.1. The van der Waals surface area contributed by atoms with Gasteiger partial charge in [0.25, 0.3) is 0 Å². The molecule has 1 unspecified atom stereocenters. The van der Waals surface area contributed by atoms with Gasteiger partial charge in [0.15, 0.2) is 0 Å². The van der Waals surface area contributed by atoms with Crippen LogP contribution in [0.1, 0.15) is 23.6 Å². The van der Waals surface area contributed by atoms with Gasteiger partial charge in [-0.15, -0.1) is 0 Å². The Morgan fingerprint density at radius 1 is 1.33 bits per heavy atom. The highest BCUT2D eigenvalue weighted by atomic mass is 32.1. The summed E-state index contributed by atoms with van der Waals surface area (Å²) in [6.07, 6.45) is 2.48. The zero-order chi connectivity index (χ0) is 15.4. The van der Waals surface area contributed by atoms with Crippen molar-refractivity contribution in [2.75, 3.05) is 5.32 Å². The number of halogens is 1. The number of rotatable bonds is 5. The highest BCUT2D eigenvalue weighted by Crippen LogP contribution is 2.18. The molecule has 0 aliphatic rings. The zero-order valence-electron chi connectivity index (χ0n) is 12.1. The van der Waals surface area contributed by atoms with Gasteiger partial charge in [0.2, 0.25) is 0 Å². The molecule has 0 fully saturated rings. The Morgan fingerprint density at radius 2 is 2.00 bits per heavy atom. The molecule has 0 saturated carbocycles. The maximum absolute atomic E-state index is 12.9. The normalized spacial score (nSPS) is 12.0. The predicted molar refractivity (Wildman–Crippen MR) is 88.1 cm³/mol. The van der Waals surface area contributed by atoms with E-state index in [0.717, 1.165) is 23.1 Å². The average molecular weight is 303 g/mol. The minimum Gasteiger partial charge on any atom is -0.389 e. The first kappa shape index (κ1) is 15.4. The van der Waals surface area contributed by atoms with Crippen molar-refractivity contribution in [2.45, 2.75) is 26.3 Å². The minimum absolute atomic E-state index is 0.123. The van der Waals surface area contributed by atoms with E-state index in [9.17, 15) is 4.39 Å². The van der Waals surface area contributed by atoms with Crippen LogP contribution in [0.25, 0.3) is 0 Å². The van der Waals surface area contributed by atoms with Crippen LogP contribution in [0.5, 0.6) is 0 Å². The van der Waals surface area contributed by atoms with Crippen LogP contribution < -0.4 is 11.1 Å². The van der Waals surface area contributed by atoms with Crippen molar-refractivity contribution in [1.82, 2.24) is 4.98 Å². The standard InChI is InChI=1S/C16H18FN3S/c1-10-7-8-19-16(14(10)15(18)21)20-11(2)9-12-3-5-13(17)6-4-12/h3-8,11H,9H2,1-2H3,(H2,18,21)(H,19,20). The third kappa shape index (κ3) is 3.98. The third-order valence-electron chi connectivity index (χ3n) is 3.24. The molecule has 1 aromatic heterocycles. The van der Waals surface area contributed by atoms with Crippen molar-refractivity contribution in [3.8, 4) is 0 Å². The van der Waals surface area contributed by atoms with Gasteiger partial charge in [-0.25, -0.2) is 9.37 Å². The molecular formula is C16H18FN3S. The lowest BCUT2D eigenvalue weighted by molar-refractivity contribution is 0.626. The number of aryl methyl sites for hydroxylation is 1. The van der Waals surface area contributed by atoms with Crippen LogP contribution in [-0.2, 0) is 6.42 Å². The van der Waals surface area contributed by atoms with Gasteiger partial charge in [0.05, 0.1) is 5.56 Å². The Balaban J connectivity index is 2.13. The van der Waals surface area contributed by atoms with E-state index in [1.165, 1.54) is 12.1 Å². The van der Waals surface area contributed by atoms with Crippen LogP contribution in [0.3, 0.4) is 0 Å². The topological polar surface area (TPSA) is 50.9 Å². The van der Waals surface area contributed by atoms with E-state index in [1.807, 2.05) is 19.9 Å². The molecule has 0 bridgehead atoms. The number of nitrogens with two attached hydrogens (primary N) is 1. The molecule has 2 aromatic rings. The van der Waals surface area contributed by atoms with Crippen molar-refractivity contribution < 1.29 is 4.39 Å². The molecule has 1 heterocycles. The van der Waals surface area contributed by atoms with Crippen molar-refractivity contribution >= 4 is 23.0 Å². The Morgan fingerprint density at radius 3 is 2.62 bits per heavy atom. The molecule has 110 valence electrons. The lowest BCUT2D eigenvalue weighted by Crippen LogP contribution is -2.23. The molecule has 0 spiro atoms. The number of benzene rings is 1. The fourth-order valence-corrected chi connectivity index (χ4v) is 2.49. The van der Waals surface area contributed by atoms with Gasteiger partial charge in [-0.3, -0.25) is 0 Å². The van der Waals surface area contributed by atoms with E-state index in [2.05, 4.69) is 10.3 Å². The first-order valence-electron chi connectivity index (χ1n) is 6.73. The van der Waals surface area contributed by atoms with E-state index >= 15 is 0 Å². The smallest absolute Gasteiger partial charge is 0.136 e. The van der Waals surface area contributed by atoms with Gasteiger partial charge < -0.3 is 11.1 Å². The quantitative estimate of drug-likeness (QED) is 0.833. The molecule has 1 atom stereocenters. The van der Waals surface area contributed by atoms with Crippen LogP contribution >= 0.6 is 12.2 Å². The average Bonchev–Trinajstić information content (AvgIpc) is 2.41. The van der Waals surface area contributed by atoms with Crippen molar-refractivity contribution in [2.24, 2.45) is 5.73 Å². The molecule has 0 amide bonds. The van der Waals surface area contributed by atoms with Crippen LogP contribution in [0.4, 0.5) is 10.2 Å². The number of anilines is 1. The molecule has 0 radical (unpaired) electrons. The largest absolute Gasteiger partial charge is 0.389 e. The number of hydrogen-bond acceptors (Lipinski definition) is 3. The number of aromatic nitrogens is 1. The second-order valence-electron chi connectivity index (χ2n) is 5.09. The van der Waals surface area contributed by atoms with Crippen LogP contribution in [0, 0.1) is 12.7 Å². The van der Waals surface area contributed by atoms with Crippen molar-refractivity contribution in [1.29, 1.82) is 0 Å². The number of thiocarbonyl (C=S) groups is 1. The summed E-state index contributed by atoms with van der Waals surface area (Å²) in [7, 11) is 0. The summed E-state index contributed by atoms with van der Waals surface area (Å²) in [5.74, 6) is 0.465. The molecule has 0 aliphatic carbocycles. The Labute approximate surface area is 129 Å². The summed E-state index contributed by atoms with van der Waals surface area (Å²) < 4.78 is 12.9. The van der Waals surface area contributed by atoms with E-state index in [-0.39, 0.29) is 11.9 Å². The maximum Gasteiger partial charge on any atom is 0.136 e. The van der Waals surface area contributed by atoms with Crippen LogP contribution in [-0.4, -0.2) is 16.0 Å². The van der Waals surface area contributed by atoms with Crippen LogP contribution in [0.2, 0.25) is 0 Å². The molecule has 0 saturated heterocycles. The lowest BCUT2D eigenvalue weighted by Gasteiger charge is -2.18. The summed E-state index contributed by atoms with van der Waals surface area (Å²) in [6.45, 7) is 3.99. The van der Waals surface area contributed by atoms with Crippen molar-refractivity contribution in [3.05, 3.63) is 59.0 Å². The summed E-state index contributed by atoms with van der Waals surface area (Å²) >= 11 is 5.09. The number of nitrogens with zero attached hydrogens (tertiary/aromatic N) is 1. The first-order valence-corrected chi connectivity index (χ1v) is 7.14. The SMILES string of the molecule is Cc1ccnc(NC(C)Cc2ccc(F)cc2)c1C(N)=S. The fourth-order valence-electron chi connectivity index (χ4n) is 2.24. The van der Waals surface area contributed by atoms with Gasteiger partial charge >= 0.3 is 0 Å². The van der Waals surface area contributed by atoms with E-state index in [4.69, 9.17) is 18.0 Å². The van der Waals surface area contributed by atoms with Crippen molar-refractivity contribution in [3.63, 3.8) is 0 Å². The zero-order valence-corrected chi connectivity index (χ0v) is 12.9. The van der Waals surface area contributed by atoms with E-state index in [1.54, 1.807) is 18.3 Å². The molecule has 5 heteroatoms. The molecule has 0 aliphatic heterocycles. The molecule has 3 N–H and O–H groups in total. The highest BCUT2D eigenvalue weighted by Gasteiger charge is 2.12. The predicted octanol–water partition coefficient (Wildman–Crippen LogP) is 3.21. The molecule has 21 heavy (non-hydrogen) atoms. The van der Waals surface area contributed by atoms with Crippen LogP contribution in [0.15, 0.2) is 36.5 Å². The third-order valence-corrected chi connectivity index (χ3v) is 3.45. The second-order valence-corrected chi connectivity index (χ2v) is 5.53. The number of pyridine rings is 1. The fraction of sp³-hybridized carbons (Fsp3) is 0.250. The molecule has 1 aromatic carbocycles. The first-order chi connectivity index (χ1) is 9.97. The van der Waals surface area contributed by atoms with Gasteiger partial charge in [-0.1, -0.05) is 24.4 Å².